The number of nitrogens with one attached hydrogen (secondary N) is 1. The summed E-state index contributed by atoms with van der Waals surface area (Å²) in [7, 11) is -3.04. The van der Waals surface area contributed by atoms with Crippen molar-refractivity contribution >= 4 is 10.0 Å². The molecule has 0 aromatic carbocycles. The van der Waals surface area contributed by atoms with Gasteiger partial charge in [0, 0.05) is 13.1 Å². The zero-order valence-corrected chi connectivity index (χ0v) is 14.5. The first-order valence-electron chi connectivity index (χ1n) is 8.67. The van der Waals surface area contributed by atoms with E-state index in [1.807, 2.05) is 0 Å². The molecule has 5 heteroatoms. The molecule has 124 valence electrons. The third kappa shape index (κ3) is 5.22. The minimum absolute atomic E-state index is 0.351. The van der Waals surface area contributed by atoms with Gasteiger partial charge in [0.05, 0.1) is 5.75 Å². The van der Waals surface area contributed by atoms with Gasteiger partial charge in [-0.25, -0.2) is 12.7 Å². The topological polar surface area (TPSA) is 49.4 Å². The van der Waals surface area contributed by atoms with Crippen molar-refractivity contribution in [2.75, 3.05) is 31.9 Å². The van der Waals surface area contributed by atoms with Gasteiger partial charge in [0.15, 0.2) is 0 Å². The first-order valence-corrected chi connectivity index (χ1v) is 10.3. The van der Waals surface area contributed by atoms with Gasteiger partial charge >= 0.3 is 0 Å². The van der Waals surface area contributed by atoms with E-state index in [9.17, 15) is 8.42 Å². The largest absolute Gasteiger partial charge is 0.317 e. The molecule has 0 aromatic rings. The normalized spacial score (nSPS) is 26.9. The number of hydrogen-bond acceptors (Lipinski definition) is 3. The van der Waals surface area contributed by atoms with E-state index < -0.39 is 10.0 Å². The molecule has 2 heterocycles. The van der Waals surface area contributed by atoms with Crippen molar-refractivity contribution in [3.8, 4) is 0 Å². The van der Waals surface area contributed by atoms with E-state index in [-0.39, 0.29) is 0 Å². The molecular formula is C16H32N2O2S. The van der Waals surface area contributed by atoms with E-state index >= 15 is 0 Å². The van der Waals surface area contributed by atoms with Crippen LogP contribution in [-0.2, 0) is 10.0 Å². The minimum atomic E-state index is -3.04. The van der Waals surface area contributed by atoms with Gasteiger partial charge < -0.3 is 5.32 Å². The fourth-order valence-corrected chi connectivity index (χ4v) is 5.34. The van der Waals surface area contributed by atoms with E-state index in [2.05, 4.69) is 19.2 Å². The molecule has 4 nitrogen and oxygen atoms in total. The lowest BCUT2D eigenvalue weighted by Gasteiger charge is -2.25. The molecule has 2 fully saturated rings. The number of hydrogen-bond donors (Lipinski definition) is 1. The highest BCUT2D eigenvalue weighted by molar-refractivity contribution is 7.89. The molecule has 0 aromatic heterocycles. The van der Waals surface area contributed by atoms with Gasteiger partial charge in [0.25, 0.3) is 0 Å². The van der Waals surface area contributed by atoms with Crippen molar-refractivity contribution in [1.82, 2.24) is 9.62 Å². The lowest BCUT2D eigenvalue weighted by molar-refractivity contribution is 0.338. The Hall–Kier alpha value is -0.130. The Bertz CT molecular complexity index is 403. The van der Waals surface area contributed by atoms with Crippen molar-refractivity contribution in [3.63, 3.8) is 0 Å². The van der Waals surface area contributed by atoms with E-state index in [1.54, 1.807) is 4.31 Å². The van der Waals surface area contributed by atoms with Crippen molar-refractivity contribution in [2.24, 2.45) is 17.8 Å². The summed E-state index contributed by atoms with van der Waals surface area (Å²) >= 11 is 0. The van der Waals surface area contributed by atoms with Crippen molar-refractivity contribution < 1.29 is 8.42 Å². The van der Waals surface area contributed by atoms with Gasteiger partial charge in [-0.2, -0.15) is 0 Å². The van der Waals surface area contributed by atoms with Crippen LogP contribution in [-0.4, -0.2) is 44.7 Å². The van der Waals surface area contributed by atoms with Gasteiger partial charge in [0.1, 0.15) is 0 Å². The summed E-state index contributed by atoms with van der Waals surface area (Å²) in [5.41, 5.74) is 0. The lowest BCUT2D eigenvalue weighted by Crippen LogP contribution is -2.35. The molecule has 2 aliphatic rings. The summed E-state index contributed by atoms with van der Waals surface area (Å²) in [5.74, 6) is 2.30. The Kier molecular flexibility index (Phi) is 6.51. The van der Waals surface area contributed by atoms with Crippen molar-refractivity contribution in [2.45, 2.75) is 52.4 Å². The molecule has 2 rings (SSSR count). The molecule has 21 heavy (non-hydrogen) atoms. The summed E-state index contributed by atoms with van der Waals surface area (Å²) < 4.78 is 26.9. The molecule has 0 spiro atoms. The molecule has 1 unspecified atom stereocenters. The molecule has 1 N–H and O–H groups in total. The Morgan fingerprint density at radius 3 is 2.48 bits per heavy atom. The van der Waals surface area contributed by atoms with Crippen LogP contribution in [0, 0.1) is 17.8 Å². The predicted octanol–water partition coefficient (Wildman–Crippen LogP) is 2.46. The summed E-state index contributed by atoms with van der Waals surface area (Å²) in [4.78, 5) is 0. The SMILES string of the molecule is CC(C)C1CCCN(S(=O)(=O)CCC2CCNCC2)CC1. The number of piperidine rings is 1. The second-order valence-corrected chi connectivity index (χ2v) is 9.22. The molecule has 0 bridgehead atoms. The first-order chi connectivity index (χ1) is 9.99. The third-order valence-corrected chi connectivity index (χ3v) is 7.21. The third-order valence-electron chi connectivity index (χ3n) is 5.31. The van der Waals surface area contributed by atoms with Gasteiger partial charge in [-0.05, 0) is 69.4 Å². The van der Waals surface area contributed by atoms with Crippen LogP contribution in [0.3, 0.4) is 0 Å². The smallest absolute Gasteiger partial charge is 0.214 e. The van der Waals surface area contributed by atoms with Crippen LogP contribution in [0.25, 0.3) is 0 Å². The zero-order chi connectivity index (χ0) is 15.3. The average Bonchev–Trinajstić information content (AvgIpc) is 2.73. The Labute approximate surface area is 130 Å². The second kappa shape index (κ2) is 7.93. The maximum Gasteiger partial charge on any atom is 0.214 e. The van der Waals surface area contributed by atoms with Crippen LogP contribution < -0.4 is 5.32 Å². The molecular weight excluding hydrogens is 284 g/mol. The Balaban J connectivity index is 1.83. The molecule has 2 saturated heterocycles. The first kappa shape index (κ1) is 17.2. The quantitative estimate of drug-likeness (QED) is 0.847. The minimum Gasteiger partial charge on any atom is -0.317 e. The maximum absolute atomic E-state index is 12.6. The number of sulfonamides is 1. The second-order valence-electron chi connectivity index (χ2n) is 7.13. The average molecular weight is 317 g/mol. The number of rotatable bonds is 5. The van der Waals surface area contributed by atoms with Crippen LogP contribution in [0.5, 0.6) is 0 Å². The van der Waals surface area contributed by atoms with Crippen LogP contribution in [0.4, 0.5) is 0 Å². The molecule has 0 saturated carbocycles. The fraction of sp³-hybridized carbons (Fsp3) is 1.00. The summed E-state index contributed by atoms with van der Waals surface area (Å²) in [6, 6.07) is 0. The van der Waals surface area contributed by atoms with Crippen LogP contribution in [0.1, 0.15) is 52.4 Å². The van der Waals surface area contributed by atoms with E-state index in [1.165, 1.54) is 6.42 Å². The highest BCUT2D eigenvalue weighted by Gasteiger charge is 2.27. The molecule has 0 radical (unpaired) electrons. The van der Waals surface area contributed by atoms with E-state index in [0.29, 0.717) is 23.5 Å². The Morgan fingerprint density at radius 1 is 1.10 bits per heavy atom. The number of nitrogens with zero attached hydrogens (tertiary/aromatic N) is 1. The monoisotopic (exact) mass is 316 g/mol. The van der Waals surface area contributed by atoms with Gasteiger partial charge in [0.2, 0.25) is 10.0 Å². The van der Waals surface area contributed by atoms with E-state index in [0.717, 1.165) is 58.3 Å². The molecule has 1 atom stereocenters. The predicted molar refractivity (Wildman–Crippen MR) is 87.7 cm³/mol. The highest BCUT2D eigenvalue weighted by Crippen LogP contribution is 2.26. The standard InChI is InChI=1S/C16H32N2O2S/c1-14(2)16-4-3-11-18(12-7-16)21(19,20)13-8-15-5-9-17-10-6-15/h14-17H,3-13H2,1-2H3. The van der Waals surface area contributed by atoms with Gasteiger partial charge in [-0.3, -0.25) is 0 Å². The summed E-state index contributed by atoms with van der Waals surface area (Å²) in [6.07, 6.45) is 6.33. The highest BCUT2D eigenvalue weighted by atomic mass is 32.2. The van der Waals surface area contributed by atoms with Crippen LogP contribution >= 0.6 is 0 Å². The van der Waals surface area contributed by atoms with Crippen LogP contribution in [0.2, 0.25) is 0 Å². The van der Waals surface area contributed by atoms with Crippen molar-refractivity contribution in [1.29, 1.82) is 0 Å². The van der Waals surface area contributed by atoms with E-state index in [4.69, 9.17) is 0 Å². The summed E-state index contributed by atoms with van der Waals surface area (Å²) in [5, 5.41) is 3.34. The molecule has 0 amide bonds. The molecule has 2 aliphatic heterocycles. The molecule has 0 aliphatic carbocycles. The van der Waals surface area contributed by atoms with Crippen molar-refractivity contribution in [3.05, 3.63) is 0 Å². The Morgan fingerprint density at radius 2 is 1.81 bits per heavy atom. The summed E-state index contributed by atoms with van der Waals surface area (Å²) in [6.45, 7) is 8.07. The van der Waals surface area contributed by atoms with Gasteiger partial charge in [-0.15, -0.1) is 0 Å². The maximum atomic E-state index is 12.6. The lowest BCUT2D eigenvalue weighted by atomic mass is 9.89. The van der Waals surface area contributed by atoms with Gasteiger partial charge in [-0.1, -0.05) is 13.8 Å². The van der Waals surface area contributed by atoms with Crippen LogP contribution in [0.15, 0.2) is 0 Å². The zero-order valence-electron chi connectivity index (χ0n) is 13.7. The fourth-order valence-electron chi connectivity index (χ4n) is 3.66.